The number of hydrogen-bond acceptors (Lipinski definition) is 4. The van der Waals surface area contributed by atoms with Crippen LogP contribution in [0.4, 0.5) is 15.9 Å². The molecule has 0 fully saturated rings. The van der Waals surface area contributed by atoms with Crippen molar-refractivity contribution in [2.45, 2.75) is 0 Å². The average Bonchev–Trinajstić information content (AvgIpc) is 2.50. The molecular weight excluding hydrogens is 271 g/mol. The molecule has 104 valence electrons. The molecule has 0 saturated carbocycles. The molecule has 0 saturated heterocycles. The SMILES string of the molecule is Nc1ncc(NC=O)c2ccc(-c3cccc(F)c3)nc12. The lowest BCUT2D eigenvalue weighted by molar-refractivity contribution is -0.105. The van der Waals surface area contributed by atoms with Gasteiger partial charge in [0.05, 0.1) is 17.6 Å². The first kappa shape index (κ1) is 13.0. The zero-order valence-corrected chi connectivity index (χ0v) is 10.9. The van der Waals surface area contributed by atoms with E-state index in [1.807, 2.05) is 0 Å². The maximum atomic E-state index is 13.3. The second kappa shape index (κ2) is 5.16. The van der Waals surface area contributed by atoms with Gasteiger partial charge < -0.3 is 11.1 Å². The molecule has 0 bridgehead atoms. The van der Waals surface area contributed by atoms with Gasteiger partial charge in [-0.25, -0.2) is 14.4 Å². The highest BCUT2D eigenvalue weighted by molar-refractivity contribution is 6.00. The standard InChI is InChI=1S/C15H11FN4O/c16-10-3-1-2-9(6-10)12-5-4-11-13(19-8-21)7-18-15(17)14(11)20-12/h1-8H,(H2,17,18)(H,19,21). The molecule has 0 spiro atoms. The highest BCUT2D eigenvalue weighted by Gasteiger charge is 2.09. The van der Waals surface area contributed by atoms with Crippen LogP contribution in [-0.2, 0) is 4.79 Å². The van der Waals surface area contributed by atoms with Gasteiger partial charge in [-0.05, 0) is 24.3 Å². The van der Waals surface area contributed by atoms with Crippen molar-refractivity contribution in [1.29, 1.82) is 0 Å². The molecule has 3 aromatic rings. The largest absolute Gasteiger partial charge is 0.382 e. The molecule has 0 aliphatic carbocycles. The van der Waals surface area contributed by atoms with Crippen molar-refractivity contribution in [1.82, 2.24) is 9.97 Å². The number of carbonyl (C=O) groups excluding carboxylic acids is 1. The van der Waals surface area contributed by atoms with Crippen molar-refractivity contribution in [2.75, 3.05) is 11.1 Å². The molecule has 0 aliphatic rings. The maximum absolute atomic E-state index is 13.3. The summed E-state index contributed by atoms with van der Waals surface area (Å²) in [5, 5.41) is 3.22. The molecule has 0 unspecified atom stereocenters. The van der Waals surface area contributed by atoms with Crippen LogP contribution < -0.4 is 11.1 Å². The number of carbonyl (C=O) groups is 1. The summed E-state index contributed by atoms with van der Waals surface area (Å²) in [6.07, 6.45) is 2.03. The number of fused-ring (bicyclic) bond motifs is 1. The zero-order valence-electron chi connectivity index (χ0n) is 10.9. The molecule has 1 amide bonds. The number of benzene rings is 1. The van der Waals surface area contributed by atoms with E-state index in [2.05, 4.69) is 15.3 Å². The molecule has 0 aliphatic heterocycles. The minimum absolute atomic E-state index is 0.250. The van der Waals surface area contributed by atoms with Crippen molar-refractivity contribution < 1.29 is 9.18 Å². The van der Waals surface area contributed by atoms with E-state index in [1.54, 1.807) is 24.3 Å². The third-order valence-corrected chi connectivity index (χ3v) is 3.10. The van der Waals surface area contributed by atoms with Crippen LogP contribution in [0.25, 0.3) is 22.2 Å². The Morgan fingerprint density at radius 1 is 1.24 bits per heavy atom. The first-order valence-electron chi connectivity index (χ1n) is 6.20. The number of nitrogens with one attached hydrogen (secondary N) is 1. The van der Waals surface area contributed by atoms with E-state index in [9.17, 15) is 9.18 Å². The fourth-order valence-electron chi connectivity index (χ4n) is 2.12. The van der Waals surface area contributed by atoms with Gasteiger partial charge in [0, 0.05) is 10.9 Å². The molecule has 3 N–H and O–H groups in total. The minimum atomic E-state index is -0.336. The highest BCUT2D eigenvalue weighted by Crippen LogP contribution is 2.28. The van der Waals surface area contributed by atoms with Crippen LogP contribution >= 0.6 is 0 Å². The van der Waals surface area contributed by atoms with Gasteiger partial charge in [0.25, 0.3) is 0 Å². The molecule has 3 rings (SSSR count). The Hall–Kier alpha value is -3.02. The smallest absolute Gasteiger partial charge is 0.211 e. The summed E-state index contributed by atoms with van der Waals surface area (Å²) in [5.41, 5.74) is 8.04. The third kappa shape index (κ3) is 2.38. The van der Waals surface area contributed by atoms with E-state index in [1.165, 1.54) is 18.3 Å². The summed E-state index contributed by atoms with van der Waals surface area (Å²) in [6, 6.07) is 9.65. The number of halogens is 1. The van der Waals surface area contributed by atoms with Crippen molar-refractivity contribution in [2.24, 2.45) is 0 Å². The van der Waals surface area contributed by atoms with Gasteiger partial charge >= 0.3 is 0 Å². The highest BCUT2D eigenvalue weighted by atomic mass is 19.1. The van der Waals surface area contributed by atoms with Gasteiger partial charge in [-0.2, -0.15) is 0 Å². The van der Waals surface area contributed by atoms with E-state index >= 15 is 0 Å². The zero-order chi connectivity index (χ0) is 14.8. The van der Waals surface area contributed by atoms with Crippen LogP contribution in [-0.4, -0.2) is 16.4 Å². The Kier molecular flexibility index (Phi) is 3.19. The Morgan fingerprint density at radius 2 is 2.10 bits per heavy atom. The van der Waals surface area contributed by atoms with E-state index in [0.29, 0.717) is 34.3 Å². The molecule has 0 atom stereocenters. The minimum Gasteiger partial charge on any atom is -0.382 e. The number of nitrogens with two attached hydrogens (primary N) is 1. The molecule has 6 heteroatoms. The van der Waals surface area contributed by atoms with Gasteiger partial charge in [0.15, 0.2) is 0 Å². The summed E-state index contributed by atoms with van der Waals surface area (Å²) >= 11 is 0. The number of amides is 1. The number of hydrogen-bond donors (Lipinski definition) is 2. The molecular formula is C15H11FN4O. The number of rotatable bonds is 3. The van der Waals surface area contributed by atoms with E-state index in [4.69, 9.17) is 5.73 Å². The van der Waals surface area contributed by atoms with Crippen LogP contribution in [0.3, 0.4) is 0 Å². The van der Waals surface area contributed by atoms with Crippen LogP contribution in [0.15, 0.2) is 42.6 Å². The summed E-state index contributed by atoms with van der Waals surface area (Å²) in [6.45, 7) is 0. The Bertz CT molecular complexity index is 835. The van der Waals surface area contributed by atoms with Gasteiger partial charge in [0.1, 0.15) is 17.2 Å². The fraction of sp³-hybridized carbons (Fsp3) is 0. The fourth-order valence-corrected chi connectivity index (χ4v) is 2.12. The molecule has 1 aromatic carbocycles. The first-order valence-corrected chi connectivity index (χ1v) is 6.20. The number of pyridine rings is 2. The van der Waals surface area contributed by atoms with Gasteiger partial charge in [0.2, 0.25) is 6.41 Å². The van der Waals surface area contributed by atoms with E-state index in [0.717, 1.165) is 0 Å². The first-order chi connectivity index (χ1) is 10.2. The lowest BCUT2D eigenvalue weighted by Crippen LogP contribution is -2.00. The number of anilines is 2. The maximum Gasteiger partial charge on any atom is 0.211 e. The van der Waals surface area contributed by atoms with Crippen LogP contribution in [0.1, 0.15) is 0 Å². The Morgan fingerprint density at radius 3 is 2.86 bits per heavy atom. The van der Waals surface area contributed by atoms with Crippen molar-refractivity contribution in [3.8, 4) is 11.3 Å². The van der Waals surface area contributed by atoms with Gasteiger partial charge in [-0.15, -0.1) is 0 Å². The number of aromatic nitrogens is 2. The normalized spacial score (nSPS) is 10.5. The Balaban J connectivity index is 2.20. The van der Waals surface area contributed by atoms with Crippen LogP contribution in [0.2, 0.25) is 0 Å². The molecule has 21 heavy (non-hydrogen) atoms. The molecule has 0 radical (unpaired) electrons. The predicted molar refractivity (Wildman–Crippen MR) is 79.0 cm³/mol. The molecule has 2 aromatic heterocycles. The lowest BCUT2D eigenvalue weighted by Gasteiger charge is -2.08. The third-order valence-electron chi connectivity index (χ3n) is 3.10. The summed E-state index contributed by atoms with van der Waals surface area (Å²) in [4.78, 5) is 19.0. The topological polar surface area (TPSA) is 80.9 Å². The van der Waals surface area contributed by atoms with Crippen molar-refractivity contribution in [3.63, 3.8) is 0 Å². The molecule has 5 nitrogen and oxygen atoms in total. The van der Waals surface area contributed by atoms with E-state index < -0.39 is 0 Å². The van der Waals surface area contributed by atoms with Crippen molar-refractivity contribution >= 4 is 28.8 Å². The summed E-state index contributed by atoms with van der Waals surface area (Å²) in [7, 11) is 0. The predicted octanol–water partition coefficient (Wildman–Crippen LogP) is 2.59. The second-order valence-electron chi connectivity index (χ2n) is 4.42. The monoisotopic (exact) mass is 282 g/mol. The van der Waals surface area contributed by atoms with E-state index in [-0.39, 0.29) is 11.6 Å². The number of nitrogens with zero attached hydrogens (tertiary/aromatic N) is 2. The number of nitrogen functional groups attached to an aromatic ring is 1. The summed E-state index contributed by atoms with van der Waals surface area (Å²) in [5.74, 6) is -0.0865. The van der Waals surface area contributed by atoms with Crippen molar-refractivity contribution in [3.05, 3.63) is 48.4 Å². The quantitative estimate of drug-likeness (QED) is 0.723. The lowest BCUT2D eigenvalue weighted by atomic mass is 10.1. The average molecular weight is 282 g/mol. The van der Waals surface area contributed by atoms with Gasteiger partial charge in [-0.3, -0.25) is 4.79 Å². The summed E-state index contributed by atoms with van der Waals surface area (Å²) < 4.78 is 13.3. The second-order valence-corrected chi connectivity index (χ2v) is 4.42. The van der Waals surface area contributed by atoms with Crippen LogP contribution in [0.5, 0.6) is 0 Å². The Labute approximate surface area is 119 Å². The molecule has 2 heterocycles. The van der Waals surface area contributed by atoms with Crippen LogP contribution in [0, 0.1) is 5.82 Å². The van der Waals surface area contributed by atoms with Gasteiger partial charge in [-0.1, -0.05) is 12.1 Å².